The molecule has 1 amide bonds. The minimum atomic E-state index is -0.101. The summed E-state index contributed by atoms with van der Waals surface area (Å²) in [6, 6.07) is 0.118. The third-order valence-electron chi connectivity index (χ3n) is 2.98. The van der Waals surface area contributed by atoms with Crippen LogP contribution in [0.4, 0.5) is 0 Å². The summed E-state index contributed by atoms with van der Waals surface area (Å²) in [6.07, 6.45) is 3.36. The number of carbonyl (C=O) groups is 2. The Bertz CT molecular complexity index is 420. The zero-order valence-corrected chi connectivity index (χ0v) is 10.5. The van der Waals surface area contributed by atoms with Crippen molar-refractivity contribution >= 4 is 23.2 Å². The summed E-state index contributed by atoms with van der Waals surface area (Å²) in [4.78, 5) is 23.7. The van der Waals surface area contributed by atoms with E-state index in [1.807, 2.05) is 6.92 Å². The van der Waals surface area contributed by atoms with Gasteiger partial charge in [0.25, 0.3) is 5.91 Å². The molecular formula is C11H15N3O2S. The van der Waals surface area contributed by atoms with Gasteiger partial charge < -0.3 is 5.32 Å². The summed E-state index contributed by atoms with van der Waals surface area (Å²) in [5.41, 5.74) is 0.749. The summed E-state index contributed by atoms with van der Waals surface area (Å²) in [5.74, 6) is 0.195. The van der Waals surface area contributed by atoms with Crippen LogP contribution in [0.25, 0.3) is 0 Å². The maximum absolute atomic E-state index is 12.0. The number of amides is 1. The summed E-state index contributed by atoms with van der Waals surface area (Å²) in [7, 11) is 0. The van der Waals surface area contributed by atoms with E-state index in [-0.39, 0.29) is 11.9 Å². The Balaban J connectivity index is 1.95. The van der Waals surface area contributed by atoms with Gasteiger partial charge in [-0.25, -0.2) is 0 Å². The highest BCUT2D eigenvalue weighted by atomic mass is 32.1. The van der Waals surface area contributed by atoms with Crippen molar-refractivity contribution in [3.8, 4) is 0 Å². The predicted molar refractivity (Wildman–Crippen MR) is 64.0 cm³/mol. The van der Waals surface area contributed by atoms with Crippen molar-refractivity contribution in [3.63, 3.8) is 0 Å². The average Bonchev–Trinajstić information content (AvgIpc) is 2.80. The van der Waals surface area contributed by atoms with Gasteiger partial charge in [0.05, 0.1) is 5.69 Å². The van der Waals surface area contributed by atoms with Crippen molar-refractivity contribution in [2.45, 2.75) is 45.1 Å². The molecule has 1 aliphatic rings. The molecule has 1 aromatic heterocycles. The lowest BCUT2D eigenvalue weighted by Crippen LogP contribution is -2.37. The first kappa shape index (κ1) is 12.2. The molecule has 1 saturated carbocycles. The largest absolute Gasteiger partial charge is 0.348 e. The molecule has 0 atom stereocenters. The van der Waals surface area contributed by atoms with Crippen LogP contribution in [0.2, 0.25) is 0 Å². The number of carbonyl (C=O) groups excluding carboxylic acids is 2. The van der Waals surface area contributed by atoms with E-state index in [4.69, 9.17) is 0 Å². The highest BCUT2D eigenvalue weighted by Crippen LogP contribution is 2.17. The fourth-order valence-electron chi connectivity index (χ4n) is 1.95. The summed E-state index contributed by atoms with van der Waals surface area (Å²) >= 11 is 1.13. The molecule has 0 aromatic carbocycles. The van der Waals surface area contributed by atoms with E-state index in [2.05, 4.69) is 14.9 Å². The van der Waals surface area contributed by atoms with E-state index < -0.39 is 0 Å². The van der Waals surface area contributed by atoms with E-state index in [0.717, 1.165) is 30.1 Å². The molecule has 0 spiro atoms. The normalized spacial score (nSPS) is 17.1. The molecule has 0 aliphatic heterocycles. The van der Waals surface area contributed by atoms with Crippen LogP contribution < -0.4 is 5.32 Å². The monoisotopic (exact) mass is 253 g/mol. The van der Waals surface area contributed by atoms with Gasteiger partial charge in [-0.1, -0.05) is 11.4 Å². The third-order valence-corrected chi connectivity index (χ3v) is 3.74. The number of nitrogens with zero attached hydrogens (tertiary/aromatic N) is 2. The van der Waals surface area contributed by atoms with Crippen molar-refractivity contribution in [3.05, 3.63) is 10.6 Å². The molecule has 5 nitrogen and oxygen atoms in total. The number of hydrogen-bond donors (Lipinski definition) is 1. The first-order valence-corrected chi connectivity index (χ1v) is 6.61. The molecule has 1 heterocycles. The fraction of sp³-hybridized carbons (Fsp3) is 0.636. The van der Waals surface area contributed by atoms with Gasteiger partial charge in [-0.15, -0.1) is 5.10 Å². The van der Waals surface area contributed by atoms with Crippen molar-refractivity contribution in [1.82, 2.24) is 14.9 Å². The van der Waals surface area contributed by atoms with E-state index in [0.29, 0.717) is 29.9 Å². The number of aromatic nitrogens is 2. The van der Waals surface area contributed by atoms with Crippen molar-refractivity contribution < 1.29 is 9.59 Å². The van der Waals surface area contributed by atoms with Gasteiger partial charge in [-0.2, -0.15) is 0 Å². The average molecular weight is 253 g/mol. The number of ketones is 1. The Morgan fingerprint density at radius 3 is 2.82 bits per heavy atom. The molecule has 0 unspecified atom stereocenters. The number of nitrogens with one attached hydrogen (secondary N) is 1. The maximum atomic E-state index is 12.0. The number of hydrogen-bond acceptors (Lipinski definition) is 5. The van der Waals surface area contributed by atoms with E-state index >= 15 is 0 Å². The van der Waals surface area contributed by atoms with Crippen LogP contribution in [0.1, 0.15) is 48.0 Å². The number of rotatable bonds is 3. The second-order valence-electron chi connectivity index (χ2n) is 4.19. The third kappa shape index (κ3) is 2.88. The molecule has 1 aliphatic carbocycles. The summed E-state index contributed by atoms with van der Waals surface area (Å²) in [6.45, 7) is 1.95. The number of Topliss-reactive ketones (excluding diaryl/α,β-unsaturated/α-hetero) is 1. The maximum Gasteiger partial charge on any atom is 0.265 e. The van der Waals surface area contributed by atoms with Gasteiger partial charge in [-0.3, -0.25) is 9.59 Å². The van der Waals surface area contributed by atoms with Crippen LogP contribution in [0, 0.1) is 0 Å². The lowest BCUT2D eigenvalue weighted by molar-refractivity contribution is -0.120. The second kappa shape index (κ2) is 5.35. The van der Waals surface area contributed by atoms with Gasteiger partial charge in [0.15, 0.2) is 0 Å². The van der Waals surface area contributed by atoms with E-state index in [1.54, 1.807) is 0 Å². The highest BCUT2D eigenvalue weighted by Gasteiger charge is 2.22. The lowest BCUT2D eigenvalue weighted by atomic mass is 9.94. The highest BCUT2D eigenvalue weighted by molar-refractivity contribution is 7.08. The van der Waals surface area contributed by atoms with Gasteiger partial charge in [0, 0.05) is 18.9 Å². The zero-order chi connectivity index (χ0) is 12.3. The van der Waals surface area contributed by atoms with Gasteiger partial charge in [-0.05, 0) is 30.8 Å². The predicted octanol–water partition coefficient (Wildman–Crippen LogP) is 1.34. The Morgan fingerprint density at radius 2 is 2.18 bits per heavy atom. The van der Waals surface area contributed by atoms with Crippen LogP contribution >= 0.6 is 11.5 Å². The first-order valence-electron chi connectivity index (χ1n) is 5.84. The second-order valence-corrected chi connectivity index (χ2v) is 4.94. The molecule has 1 N–H and O–H groups in total. The minimum absolute atomic E-state index is 0.101. The van der Waals surface area contributed by atoms with Crippen LogP contribution in [0.5, 0.6) is 0 Å². The quantitative estimate of drug-likeness (QED) is 0.882. The molecule has 92 valence electrons. The van der Waals surface area contributed by atoms with Crippen LogP contribution in [-0.2, 0) is 11.2 Å². The van der Waals surface area contributed by atoms with Crippen LogP contribution in [-0.4, -0.2) is 27.3 Å². The Labute approximate surface area is 104 Å². The summed E-state index contributed by atoms with van der Waals surface area (Å²) in [5, 5.41) is 6.87. The molecule has 1 fully saturated rings. The minimum Gasteiger partial charge on any atom is -0.348 e. The first-order chi connectivity index (χ1) is 8.20. The lowest BCUT2D eigenvalue weighted by Gasteiger charge is -2.21. The van der Waals surface area contributed by atoms with Gasteiger partial charge in [0.1, 0.15) is 10.7 Å². The molecular weight excluding hydrogens is 238 g/mol. The van der Waals surface area contributed by atoms with Gasteiger partial charge in [0.2, 0.25) is 0 Å². The molecule has 0 saturated heterocycles. The molecule has 2 rings (SSSR count). The smallest absolute Gasteiger partial charge is 0.265 e. The SMILES string of the molecule is CCc1nnsc1C(=O)NC1CCC(=O)CC1. The van der Waals surface area contributed by atoms with Crippen molar-refractivity contribution in [2.75, 3.05) is 0 Å². The van der Waals surface area contributed by atoms with E-state index in [1.165, 1.54) is 0 Å². The molecule has 0 radical (unpaired) electrons. The van der Waals surface area contributed by atoms with E-state index in [9.17, 15) is 9.59 Å². The Kier molecular flexibility index (Phi) is 3.83. The van der Waals surface area contributed by atoms with Crippen molar-refractivity contribution in [1.29, 1.82) is 0 Å². The Hall–Kier alpha value is -1.30. The van der Waals surface area contributed by atoms with Crippen molar-refractivity contribution in [2.24, 2.45) is 0 Å². The molecule has 6 heteroatoms. The zero-order valence-electron chi connectivity index (χ0n) is 9.73. The number of aryl methyl sites for hydroxylation is 1. The Morgan fingerprint density at radius 1 is 1.47 bits per heavy atom. The fourth-order valence-corrected chi connectivity index (χ4v) is 2.60. The van der Waals surface area contributed by atoms with Gasteiger partial charge >= 0.3 is 0 Å². The standard InChI is InChI=1S/C11H15N3O2S/c1-2-9-10(17-14-13-9)11(16)12-7-3-5-8(15)6-4-7/h7H,2-6H2,1H3,(H,12,16). The van der Waals surface area contributed by atoms with Crippen LogP contribution in [0.3, 0.4) is 0 Å². The summed E-state index contributed by atoms with van der Waals surface area (Å²) < 4.78 is 3.80. The molecule has 0 bridgehead atoms. The molecule has 17 heavy (non-hydrogen) atoms. The van der Waals surface area contributed by atoms with Crippen LogP contribution in [0.15, 0.2) is 0 Å². The topological polar surface area (TPSA) is 72.0 Å². The molecule has 1 aromatic rings.